The van der Waals surface area contributed by atoms with Crippen molar-refractivity contribution in [2.75, 3.05) is 7.11 Å². The minimum Gasteiger partial charge on any atom is -0.492 e. The molecule has 0 aromatic heterocycles. The van der Waals surface area contributed by atoms with Crippen LogP contribution in [0.15, 0.2) is 58.5 Å². The number of methoxy groups -OCH3 is 1. The summed E-state index contributed by atoms with van der Waals surface area (Å²) in [5.74, 6) is 3.92. The number of hydrogen-bond acceptors (Lipinski definition) is 6. The minimum absolute atomic E-state index is 0.0138. The maximum atomic E-state index is 13.0. The molecule has 6 nitrogen and oxygen atoms in total. The number of fused-ring (bicyclic) bond motifs is 4. The van der Waals surface area contributed by atoms with Gasteiger partial charge in [-0.25, -0.2) is 4.79 Å². The fourth-order valence-corrected chi connectivity index (χ4v) is 10.4. The number of allylic oxidation sites excluding steroid dienone is 2. The van der Waals surface area contributed by atoms with Crippen LogP contribution in [0.4, 0.5) is 0 Å². The first-order valence-corrected chi connectivity index (χ1v) is 15.3. The van der Waals surface area contributed by atoms with Crippen LogP contribution in [-0.2, 0) is 19.0 Å². The number of aliphatic hydroxyl groups is 1. The Morgan fingerprint density at radius 3 is 2.85 bits per heavy atom. The molecule has 3 aliphatic carbocycles. The zero-order valence-electron chi connectivity index (χ0n) is 23.6. The third kappa shape index (κ3) is 2.97. The number of rotatable bonds is 1. The van der Waals surface area contributed by atoms with Gasteiger partial charge in [-0.1, -0.05) is 37.6 Å². The molecule has 1 saturated carbocycles. The van der Waals surface area contributed by atoms with Gasteiger partial charge < -0.3 is 19.3 Å². The molecule has 3 saturated heterocycles. The molecule has 9 rings (SSSR count). The summed E-state index contributed by atoms with van der Waals surface area (Å²) in [7, 11) is 1.59. The zero-order chi connectivity index (χ0) is 26.8. The van der Waals surface area contributed by atoms with Gasteiger partial charge in [-0.05, 0) is 76.2 Å². The van der Waals surface area contributed by atoms with Crippen LogP contribution >= 0.6 is 0 Å². The highest BCUT2D eigenvalue weighted by molar-refractivity contribution is 5.93. The van der Waals surface area contributed by atoms with Crippen LogP contribution in [0.25, 0.3) is 0 Å². The van der Waals surface area contributed by atoms with Crippen molar-refractivity contribution in [2.24, 2.45) is 35.5 Å². The van der Waals surface area contributed by atoms with Crippen molar-refractivity contribution in [3.63, 3.8) is 0 Å². The fraction of sp³-hybridized carbons (Fsp3) is 0.667. The summed E-state index contributed by atoms with van der Waals surface area (Å²) >= 11 is 0. The highest BCUT2D eigenvalue weighted by atomic mass is 16.6. The Bertz CT molecular complexity index is 1300. The lowest BCUT2D eigenvalue weighted by Gasteiger charge is -2.68. The Labute approximate surface area is 231 Å². The molecule has 0 aromatic rings. The van der Waals surface area contributed by atoms with E-state index in [1.807, 2.05) is 0 Å². The zero-order valence-corrected chi connectivity index (χ0v) is 23.6. The molecular formula is C33H41NO5. The highest BCUT2D eigenvalue weighted by Gasteiger charge is 2.68. The molecule has 9 aliphatic rings. The molecule has 6 heterocycles. The van der Waals surface area contributed by atoms with E-state index in [1.54, 1.807) is 14.0 Å². The van der Waals surface area contributed by atoms with Gasteiger partial charge in [0.25, 0.3) is 0 Å². The number of nitrogens with zero attached hydrogens (tertiary/aromatic N) is 1. The van der Waals surface area contributed by atoms with E-state index < -0.39 is 5.60 Å². The second-order valence-electron chi connectivity index (χ2n) is 13.8. The van der Waals surface area contributed by atoms with E-state index in [1.165, 1.54) is 5.57 Å². The highest BCUT2D eigenvalue weighted by Crippen LogP contribution is 2.64. The van der Waals surface area contributed by atoms with Crippen molar-refractivity contribution in [1.29, 1.82) is 0 Å². The summed E-state index contributed by atoms with van der Waals surface area (Å²) in [5.41, 5.74) is 1.13. The van der Waals surface area contributed by atoms with E-state index in [-0.39, 0.29) is 41.2 Å². The lowest BCUT2D eigenvalue weighted by molar-refractivity contribution is -0.222. The molecule has 6 aliphatic heterocycles. The van der Waals surface area contributed by atoms with Gasteiger partial charge >= 0.3 is 5.97 Å². The first-order chi connectivity index (χ1) is 18.8. The third-order valence-corrected chi connectivity index (χ3v) is 12.0. The number of ether oxygens (including phenoxy) is 3. The smallest absolute Gasteiger partial charge is 0.343 e. The number of piperidine rings is 2. The van der Waals surface area contributed by atoms with Crippen LogP contribution in [0.5, 0.6) is 0 Å². The summed E-state index contributed by atoms with van der Waals surface area (Å²) < 4.78 is 18.0. The average Bonchev–Trinajstić information content (AvgIpc) is 3.30. The number of carbonyl (C=O) groups excluding carboxylic acids is 1. The largest absolute Gasteiger partial charge is 0.492 e. The molecule has 0 radical (unpaired) electrons. The van der Waals surface area contributed by atoms with Gasteiger partial charge in [0.05, 0.1) is 23.8 Å². The lowest BCUT2D eigenvalue weighted by Crippen LogP contribution is -2.77. The molecule has 0 aromatic carbocycles. The van der Waals surface area contributed by atoms with Crippen molar-refractivity contribution in [2.45, 2.75) is 95.4 Å². The predicted octanol–water partition coefficient (Wildman–Crippen LogP) is 5.52. The molecule has 6 heteroatoms. The maximum absolute atomic E-state index is 13.0. The molecule has 39 heavy (non-hydrogen) atoms. The van der Waals surface area contributed by atoms with Crippen LogP contribution < -0.4 is 0 Å². The van der Waals surface area contributed by atoms with Gasteiger partial charge in [0.1, 0.15) is 5.76 Å². The number of cyclic esters (lactones) is 1. The van der Waals surface area contributed by atoms with Crippen LogP contribution in [0, 0.1) is 35.5 Å². The Balaban J connectivity index is 1.25. The fourth-order valence-electron chi connectivity index (χ4n) is 10.4. The number of carbonyl (C=O) groups is 1. The van der Waals surface area contributed by atoms with E-state index in [9.17, 15) is 9.90 Å². The number of hydrogen-bond donors (Lipinski definition) is 1. The van der Waals surface area contributed by atoms with Crippen LogP contribution in [-0.4, -0.2) is 46.3 Å². The molecule has 10 unspecified atom stereocenters. The van der Waals surface area contributed by atoms with Crippen LogP contribution in [0.2, 0.25) is 0 Å². The second-order valence-corrected chi connectivity index (χ2v) is 13.8. The molecule has 1 N–H and O–H groups in total. The molecule has 4 fully saturated rings. The first-order valence-electron chi connectivity index (χ1n) is 15.3. The Hall–Kier alpha value is -2.31. The second kappa shape index (κ2) is 8.13. The quantitative estimate of drug-likeness (QED) is 0.355. The van der Waals surface area contributed by atoms with Gasteiger partial charge in [-0.3, -0.25) is 4.90 Å². The van der Waals surface area contributed by atoms with Gasteiger partial charge in [0, 0.05) is 35.8 Å². The average molecular weight is 532 g/mol. The molecule has 1 spiro atoms. The molecule has 2 bridgehead atoms. The lowest BCUT2D eigenvalue weighted by atomic mass is 9.52. The third-order valence-electron chi connectivity index (χ3n) is 12.0. The van der Waals surface area contributed by atoms with Gasteiger partial charge in [0.2, 0.25) is 5.76 Å². The Morgan fingerprint density at radius 1 is 1.18 bits per heavy atom. The molecular weight excluding hydrogens is 490 g/mol. The molecule has 208 valence electrons. The van der Waals surface area contributed by atoms with Crippen molar-refractivity contribution in [3.05, 3.63) is 58.5 Å². The molecule has 0 amide bonds. The summed E-state index contributed by atoms with van der Waals surface area (Å²) in [6.45, 7) is 6.32. The summed E-state index contributed by atoms with van der Waals surface area (Å²) in [4.78, 5) is 15.3. The standard InChI is InChI=1S/C33H41NO5/c1-17-7-8-20-9-10-22-16-24-21-11-13-32(12-5-6-26(34(24)32)33(22,36)23(20)14-17)27-18(2)29(38-25(27)15-21)30-28(37-4)19(3)31(35)39-30/h8,11,13,15,17-18,21-24,26-27,36H,5-7,9-10,12,14,16H2,1-4H3. The van der Waals surface area contributed by atoms with E-state index in [4.69, 9.17) is 14.2 Å². The van der Waals surface area contributed by atoms with Gasteiger partial charge in [0.15, 0.2) is 11.5 Å². The van der Waals surface area contributed by atoms with Gasteiger partial charge in [-0.15, -0.1) is 0 Å². The van der Waals surface area contributed by atoms with Crippen molar-refractivity contribution < 1.29 is 24.1 Å². The van der Waals surface area contributed by atoms with E-state index in [0.717, 1.165) is 57.1 Å². The Kier molecular flexibility index (Phi) is 5.10. The van der Waals surface area contributed by atoms with Crippen LogP contribution in [0.1, 0.15) is 72.1 Å². The summed E-state index contributed by atoms with van der Waals surface area (Å²) in [6.07, 6.45) is 18.5. The monoisotopic (exact) mass is 531 g/mol. The summed E-state index contributed by atoms with van der Waals surface area (Å²) in [5, 5.41) is 13.0. The maximum Gasteiger partial charge on any atom is 0.343 e. The first kappa shape index (κ1) is 24.5. The van der Waals surface area contributed by atoms with E-state index >= 15 is 0 Å². The van der Waals surface area contributed by atoms with Crippen molar-refractivity contribution >= 4 is 5.97 Å². The topological polar surface area (TPSA) is 68.2 Å². The van der Waals surface area contributed by atoms with Crippen molar-refractivity contribution in [1.82, 2.24) is 4.90 Å². The Morgan fingerprint density at radius 2 is 2.03 bits per heavy atom. The normalized spacial score (nSPS) is 49.7. The minimum atomic E-state index is -0.671. The molecule has 10 atom stereocenters. The SMILES string of the molecule is COC1=C(C)C(=O)OC1=C1OC2=CC3C=CC4(CCCC5N4C3CC3CCC4=CCC(C)CC4C35O)C2C1C. The van der Waals surface area contributed by atoms with E-state index in [2.05, 4.69) is 43.1 Å². The van der Waals surface area contributed by atoms with Gasteiger partial charge in [-0.2, -0.15) is 0 Å². The van der Waals surface area contributed by atoms with Crippen LogP contribution in [0.3, 0.4) is 0 Å². The summed E-state index contributed by atoms with van der Waals surface area (Å²) in [6, 6.07) is 0.544. The predicted molar refractivity (Wildman–Crippen MR) is 146 cm³/mol. The van der Waals surface area contributed by atoms with E-state index in [0.29, 0.717) is 40.7 Å². The van der Waals surface area contributed by atoms with Crippen molar-refractivity contribution in [3.8, 4) is 0 Å². The number of esters is 1.